The fourth-order valence-electron chi connectivity index (χ4n) is 6.33. The van der Waals surface area contributed by atoms with E-state index in [2.05, 4.69) is 75.3 Å². The van der Waals surface area contributed by atoms with E-state index in [0.717, 1.165) is 93.7 Å². The highest BCUT2D eigenvalue weighted by molar-refractivity contribution is 5.67. The van der Waals surface area contributed by atoms with Crippen LogP contribution in [0.1, 0.15) is 67.5 Å². The van der Waals surface area contributed by atoms with Crippen LogP contribution in [-0.2, 0) is 6.42 Å². The maximum atomic E-state index is 5.25. The first-order chi connectivity index (χ1) is 18.5. The van der Waals surface area contributed by atoms with Crippen LogP contribution in [0.5, 0.6) is 0 Å². The van der Waals surface area contributed by atoms with Crippen LogP contribution in [0.25, 0.3) is 11.3 Å². The van der Waals surface area contributed by atoms with Crippen molar-refractivity contribution in [3.05, 3.63) is 59.3 Å². The maximum Gasteiger partial charge on any atom is 0.160 e. The van der Waals surface area contributed by atoms with Gasteiger partial charge in [0.1, 0.15) is 11.6 Å². The molecule has 2 saturated heterocycles. The highest BCUT2D eigenvalue weighted by Gasteiger charge is 2.30. The molecule has 6 rings (SSSR count). The Labute approximate surface area is 227 Å². The fraction of sp³-hybridized carbons (Fsp3) is 0.548. The van der Waals surface area contributed by atoms with Crippen LogP contribution in [0, 0.1) is 6.92 Å². The van der Waals surface area contributed by atoms with Gasteiger partial charge in [-0.25, -0.2) is 4.98 Å². The molecule has 1 aromatic carbocycles. The topological polar surface area (TPSA) is 43.1 Å². The van der Waals surface area contributed by atoms with E-state index < -0.39 is 0 Å². The Morgan fingerprint density at radius 3 is 2.61 bits per heavy atom. The molecule has 0 aliphatic carbocycles. The lowest BCUT2D eigenvalue weighted by Gasteiger charge is -2.38. The van der Waals surface area contributed by atoms with Crippen LogP contribution in [0.15, 0.2) is 36.9 Å². The van der Waals surface area contributed by atoms with Crippen molar-refractivity contribution in [2.24, 2.45) is 0 Å². The zero-order valence-electron chi connectivity index (χ0n) is 23.5. The minimum atomic E-state index is 0.223. The molecule has 7 heteroatoms. The molecule has 3 aromatic rings. The van der Waals surface area contributed by atoms with E-state index in [0.29, 0.717) is 0 Å². The molecule has 0 radical (unpaired) electrons. The highest BCUT2D eigenvalue weighted by atomic mass is 15.4. The Balaban J connectivity index is 1.46. The van der Waals surface area contributed by atoms with Crippen molar-refractivity contribution in [3.8, 4) is 0 Å². The Morgan fingerprint density at radius 2 is 1.82 bits per heavy atom. The molecule has 2 aromatic heterocycles. The minimum absolute atomic E-state index is 0.223. The molecule has 0 spiro atoms. The standard InChI is InChI=1S/C31H43N7/c1-5-35-14-8-10-25-13-12-23(2)20-26(25)24(3)37-17-7-6-11-28(37)27-21-30-32-29(36-15-9-16-36)22-31(38(30)33-27)34(4)18-19-35/h12-13,20-22,28H,3,5-11,14-19H2,1-2,4H3. The van der Waals surface area contributed by atoms with Gasteiger partial charge in [0.2, 0.25) is 0 Å². The smallest absolute Gasteiger partial charge is 0.160 e. The second-order valence-electron chi connectivity index (χ2n) is 11.4. The second-order valence-corrected chi connectivity index (χ2v) is 11.4. The number of aromatic nitrogens is 3. The van der Waals surface area contributed by atoms with E-state index in [4.69, 9.17) is 16.7 Å². The zero-order valence-corrected chi connectivity index (χ0v) is 23.5. The third kappa shape index (κ3) is 4.77. The third-order valence-electron chi connectivity index (χ3n) is 8.87. The molecule has 3 aliphatic rings. The van der Waals surface area contributed by atoms with Gasteiger partial charge in [-0.1, -0.05) is 31.2 Å². The van der Waals surface area contributed by atoms with Gasteiger partial charge in [-0.15, -0.1) is 0 Å². The molecular weight excluding hydrogens is 470 g/mol. The summed E-state index contributed by atoms with van der Waals surface area (Å²) in [5.74, 6) is 2.21. The second kappa shape index (κ2) is 10.6. The summed E-state index contributed by atoms with van der Waals surface area (Å²) in [7, 11) is 2.21. The Kier molecular flexibility index (Phi) is 7.04. The maximum absolute atomic E-state index is 5.25. The number of fused-ring (bicyclic) bond motifs is 4. The normalized spacial score (nSPS) is 21.5. The first-order valence-corrected chi connectivity index (χ1v) is 14.7. The lowest BCUT2D eigenvalue weighted by Crippen LogP contribution is -2.38. The average molecular weight is 514 g/mol. The van der Waals surface area contributed by atoms with Gasteiger partial charge in [0.15, 0.2) is 5.65 Å². The Hall–Kier alpha value is -3.06. The molecule has 1 atom stereocenters. The molecule has 0 N–H and O–H groups in total. The van der Waals surface area contributed by atoms with Crippen molar-refractivity contribution in [2.75, 3.05) is 62.7 Å². The third-order valence-corrected chi connectivity index (χ3v) is 8.87. The molecule has 5 heterocycles. The van der Waals surface area contributed by atoms with E-state index in [1.807, 2.05) is 0 Å². The molecule has 2 fully saturated rings. The number of nitrogens with zero attached hydrogens (tertiary/aromatic N) is 7. The SMILES string of the molecule is C=C1c2cc(C)ccc2CCCN(CC)CCN(C)c2cc(N3CCC3)nc3cc(nn23)C2CCCCN12. The number of hydrogen-bond donors (Lipinski definition) is 0. The molecule has 0 amide bonds. The lowest BCUT2D eigenvalue weighted by atomic mass is 9.93. The van der Waals surface area contributed by atoms with Crippen LogP contribution in [0.4, 0.5) is 11.6 Å². The van der Waals surface area contributed by atoms with E-state index in [-0.39, 0.29) is 6.04 Å². The largest absolute Gasteiger partial charge is 0.363 e. The number of rotatable bonds is 2. The molecule has 0 saturated carbocycles. The molecule has 1 unspecified atom stereocenters. The Morgan fingerprint density at radius 1 is 0.947 bits per heavy atom. The predicted octanol–water partition coefficient (Wildman–Crippen LogP) is 5.15. The molecule has 7 nitrogen and oxygen atoms in total. The van der Waals surface area contributed by atoms with Crippen molar-refractivity contribution in [3.63, 3.8) is 0 Å². The van der Waals surface area contributed by atoms with E-state index >= 15 is 0 Å². The monoisotopic (exact) mass is 513 g/mol. The number of hydrogen-bond acceptors (Lipinski definition) is 6. The summed E-state index contributed by atoms with van der Waals surface area (Å²) in [6, 6.07) is 11.7. The van der Waals surface area contributed by atoms with Gasteiger partial charge in [-0.3, -0.25) is 0 Å². The summed E-state index contributed by atoms with van der Waals surface area (Å²) in [5.41, 5.74) is 7.25. The number of anilines is 2. The summed E-state index contributed by atoms with van der Waals surface area (Å²) in [4.78, 5) is 15.0. The van der Waals surface area contributed by atoms with Crippen LogP contribution in [-0.4, -0.2) is 77.3 Å². The summed E-state index contributed by atoms with van der Waals surface area (Å²) in [5, 5.41) is 5.25. The predicted molar refractivity (Wildman–Crippen MR) is 157 cm³/mol. The van der Waals surface area contributed by atoms with Crippen molar-refractivity contribution < 1.29 is 0 Å². The molecule has 3 aliphatic heterocycles. The summed E-state index contributed by atoms with van der Waals surface area (Å²) < 4.78 is 2.09. The van der Waals surface area contributed by atoms with E-state index in [9.17, 15) is 0 Å². The van der Waals surface area contributed by atoms with Gasteiger partial charge in [0.05, 0.1) is 11.7 Å². The minimum Gasteiger partial charge on any atom is -0.363 e. The van der Waals surface area contributed by atoms with Gasteiger partial charge in [0, 0.05) is 63.2 Å². The summed E-state index contributed by atoms with van der Waals surface area (Å²) in [6.45, 7) is 16.5. The number of likely N-dealkylation sites (N-methyl/N-ethyl adjacent to an activating group) is 2. The molecular formula is C31H43N7. The molecule has 202 valence electrons. The van der Waals surface area contributed by atoms with Crippen LogP contribution < -0.4 is 9.80 Å². The van der Waals surface area contributed by atoms with Crippen molar-refractivity contribution in [1.29, 1.82) is 0 Å². The van der Waals surface area contributed by atoms with Crippen LogP contribution in [0.2, 0.25) is 0 Å². The zero-order chi connectivity index (χ0) is 26.2. The first-order valence-electron chi connectivity index (χ1n) is 14.7. The van der Waals surface area contributed by atoms with Gasteiger partial charge in [-0.05, 0) is 70.2 Å². The lowest BCUT2D eigenvalue weighted by molar-refractivity contribution is 0.226. The van der Waals surface area contributed by atoms with Gasteiger partial charge in [-0.2, -0.15) is 9.61 Å². The van der Waals surface area contributed by atoms with Crippen LogP contribution in [0.3, 0.4) is 0 Å². The highest BCUT2D eigenvalue weighted by Crippen LogP contribution is 2.38. The van der Waals surface area contributed by atoms with Gasteiger partial charge >= 0.3 is 0 Å². The van der Waals surface area contributed by atoms with Crippen molar-refractivity contribution >= 4 is 23.0 Å². The van der Waals surface area contributed by atoms with E-state index in [1.165, 1.54) is 36.0 Å². The molecule has 38 heavy (non-hydrogen) atoms. The van der Waals surface area contributed by atoms with Crippen LogP contribution >= 0.6 is 0 Å². The average Bonchev–Trinajstić information content (AvgIpc) is 3.33. The quantitative estimate of drug-likeness (QED) is 0.472. The van der Waals surface area contributed by atoms with Gasteiger partial charge < -0.3 is 19.6 Å². The number of benzene rings is 1. The Bertz CT molecular complexity index is 1310. The van der Waals surface area contributed by atoms with Crippen molar-refractivity contribution in [1.82, 2.24) is 24.4 Å². The first kappa shape index (κ1) is 25.2. The van der Waals surface area contributed by atoms with E-state index in [1.54, 1.807) is 0 Å². The van der Waals surface area contributed by atoms with Gasteiger partial charge in [0.25, 0.3) is 0 Å². The number of aryl methyl sites for hydroxylation is 2. The molecule has 2 bridgehead atoms. The van der Waals surface area contributed by atoms with Crippen molar-refractivity contribution in [2.45, 2.75) is 58.4 Å². The fourth-order valence-corrected chi connectivity index (χ4v) is 6.33. The summed E-state index contributed by atoms with van der Waals surface area (Å²) >= 11 is 0. The summed E-state index contributed by atoms with van der Waals surface area (Å²) in [6.07, 6.45) is 6.99. The number of piperidine rings is 1.